The number of amides is 2. The van der Waals surface area contributed by atoms with Crippen LogP contribution in [0.25, 0.3) is 11.1 Å². The molecule has 0 bridgehead atoms. The third kappa shape index (κ3) is 2.40. The number of fused-ring (bicyclic) bond motifs is 1. The minimum Gasteiger partial charge on any atom is -0.408 e. The second kappa shape index (κ2) is 5.24. The lowest BCUT2D eigenvalue weighted by Crippen LogP contribution is -2.40. The first kappa shape index (κ1) is 13.1. The van der Waals surface area contributed by atoms with Crippen molar-refractivity contribution in [2.75, 3.05) is 29.9 Å². The average Bonchev–Trinajstić information content (AvgIpc) is 2.75. The number of urea groups is 1. The number of benzene rings is 1. The predicted octanol–water partition coefficient (Wildman–Crippen LogP) is 1.71. The summed E-state index contributed by atoms with van der Waals surface area (Å²) in [5.74, 6) is 1.54. The molecule has 1 aromatic heterocycles. The van der Waals surface area contributed by atoms with Crippen LogP contribution in [0, 0.1) is 0 Å². The van der Waals surface area contributed by atoms with Crippen molar-refractivity contribution in [1.82, 2.24) is 9.47 Å². The predicted molar refractivity (Wildman–Crippen MR) is 79.4 cm³/mol. The fraction of sp³-hybridized carbons (Fsp3) is 0.385. The molecule has 7 heteroatoms. The van der Waals surface area contributed by atoms with Crippen LogP contribution >= 0.6 is 11.8 Å². The highest BCUT2D eigenvalue weighted by molar-refractivity contribution is 7.99. The van der Waals surface area contributed by atoms with E-state index in [0.29, 0.717) is 16.8 Å². The van der Waals surface area contributed by atoms with Gasteiger partial charge in [-0.15, -0.1) is 0 Å². The van der Waals surface area contributed by atoms with Gasteiger partial charge >= 0.3 is 11.8 Å². The highest BCUT2D eigenvalue weighted by Crippen LogP contribution is 2.18. The Kier molecular flexibility index (Phi) is 3.43. The number of aryl methyl sites for hydroxylation is 1. The van der Waals surface area contributed by atoms with Crippen molar-refractivity contribution in [3.05, 3.63) is 28.7 Å². The van der Waals surface area contributed by atoms with Crippen molar-refractivity contribution >= 4 is 34.6 Å². The van der Waals surface area contributed by atoms with E-state index in [0.717, 1.165) is 24.6 Å². The van der Waals surface area contributed by atoms with Gasteiger partial charge in [0, 0.05) is 37.3 Å². The topological polar surface area (TPSA) is 67.5 Å². The van der Waals surface area contributed by atoms with Gasteiger partial charge in [-0.25, -0.2) is 9.59 Å². The van der Waals surface area contributed by atoms with Gasteiger partial charge < -0.3 is 14.6 Å². The van der Waals surface area contributed by atoms with Gasteiger partial charge in [-0.2, -0.15) is 11.8 Å². The number of oxazole rings is 1. The van der Waals surface area contributed by atoms with Gasteiger partial charge in [-0.05, 0) is 18.2 Å². The first-order valence-corrected chi connectivity index (χ1v) is 7.54. The molecule has 2 heterocycles. The molecule has 6 nitrogen and oxygen atoms in total. The average molecular weight is 293 g/mol. The van der Waals surface area contributed by atoms with Gasteiger partial charge in [0.15, 0.2) is 5.58 Å². The number of anilines is 1. The summed E-state index contributed by atoms with van der Waals surface area (Å²) in [6, 6.07) is 5.08. The minimum atomic E-state index is -0.406. The molecule has 1 aromatic carbocycles. The minimum absolute atomic E-state index is 0.0989. The molecule has 1 aliphatic rings. The van der Waals surface area contributed by atoms with Crippen LogP contribution in [-0.4, -0.2) is 40.1 Å². The Labute approximate surface area is 119 Å². The second-order valence-corrected chi connectivity index (χ2v) is 5.86. The maximum Gasteiger partial charge on any atom is 0.419 e. The zero-order valence-corrected chi connectivity index (χ0v) is 11.9. The van der Waals surface area contributed by atoms with Gasteiger partial charge in [-0.1, -0.05) is 0 Å². The summed E-state index contributed by atoms with van der Waals surface area (Å²) in [4.78, 5) is 25.3. The summed E-state index contributed by atoms with van der Waals surface area (Å²) in [5, 5.41) is 2.86. The Balaban J connectivity index is 1.81. The number of hydrogen-bond acceptors (Lipinski definition) is 4. The number of hydrogen-bond donors (Lipinski definition) is 1. The number of carbonyl (C=O) groups is 1. The number of rotatable bonds is 1. The van der Waals surface area contributed by atoms with E-state index in [4.69, 9.17) is 4.42 Å². The number of aromatic nitrogens is 1. The van der Waals surface area contributed by atoms with Crippen LogP contribution in [0.2, 0.25) is 0 Å². The maximum absolute atomic E-state index is 12.1. The smallest absolute Gasteiger partial charge is 0.408 e. The van der Waals surface area contributed by atoms with Crippen molar-refractivity contribution in [3.63, 3.8) is 0 Å². The van der Waals surface area contributed by atoms with Crippen LogP contribution in [0.15, 0.2) is 27.4 Å². The van der Waals surface area contributed by atoms with Gasteiger partial charge in [0.2, 0.25) is 0 Å². The Bertz CT molecular complexity index is 700. The Morgan fingerprint density at radius 2 is 2.10 bits per heavy atom. The van der Waals surface area contributed by atoms with Gasteiger partial charge in [-0.3, -0.25) is 4.57 Å². The summed E-state index contributed by atoms with van der Waals surface area (Å²) < 4.78 is 6.48. The number of thioether (sulfide) groups is 1. The van der Waals surface area contributed by atoms with Crippen molar-refractivity contribution in [2.24, 2.45) is 7.05 Å². The maximum atomic E-state index is 12.1. The summed E-state index contributed by atoms with van der Waals surface area (Å²) >= 11 is 1.86. The largest absolute Gasteiger partial charge is 0.419 e. The van der Waals surface area contributed by atoms with E-state index >= 15 is 0 Å². The van der Waals surface area contributed by atoms with E-state index in [9.17, 15) is 9.59 Å². The quantitative estimate of drug-likeness (QED) is 0.869. The normalized spacial score (nSPS) is 15.6. The lowest BCUT2D eigenvalue weighted by molar-refractivity contribution is 0.217. The van der Waals surface area contributed by atoms with E-state index in [2.05, 4.69) is 5.32 Å². The molecule has 1 aliphatic heterocycles. The molecule has 106 valence electrons. The third-order valence-electron chi connectivity index (χ3n) is 3.34. The molecule has 1 saturated heterocycles. The highest BCUT2D eigenvalue weighted by atomic mass is 32.2. The summed E-state index contributed by atoms with van der Waals surface area (Å²) in [6.45, 7) is 1.53. The number of nitrogens with zero attached hydrogens (tertiary/aromatic N) is 2. The van der Waals surface area contributed by atoms with Crippen LogP contribution in [-0.2, 0) is 7.05 Å². The van der Waals surface area contributed by atoms with Crippen LogP contribution < -0.4 is 11.1 Å². The van der Waals surface area contributed by atoms with Crippen LogP contribution in [0.3, 0.4) is 0 Å². The van der Waals surface area contributed by atoms with Crippen molar-refractivity contribution in [3.8, 4) is 0 Å². The number of nitrogens with one attached hydrogen (secondary N) is 1. The van der Waals surface area contributed by atoms with E-state index in [1.165, 1.54) is 4.57 Å². The summed E-state index contributed by atoms with van der Waals surface area (Å²) in [7, 11) is 1.64. The van der Waals surface area contributed by atoms with Gasteiger partial charge in [0.05, 0.1) is 5.52 Å². The van der Waals surface area contributed by atoms with E-state index in [1.807, 2.05) is 11.8 Å². The lowest BCUT2D eigenvalue weighted by Gasteiger charge is -2.26. The fourth-order valence-corrected chi connectivity index (χ4v) is 3.08. The molecule has 0 unspecified atom stereocenters. The summed E-state index contributed by atoms with van der Waals surface area (Å²) in [6.07, 6.45) is 0. The van der Waals surface area contributed by atoms with Crippen LogP contribution in [0.5, 0.6) is 0 Å². The van der Waals surface area contributed by atoms with Crippen LogP contribution in [0.1, 0.15) is 0 Å². The molecular weight excluding hydrogens is 278 g/mol. The molecule has 0 aliphatic carbocycles. The standard InChI is InChI=1S/C13H15N3O3S/c1-15-10-8-9(2-3-11(10)19-13(15)18)14-12(17)16-4-6-20-7-5-16/h2-3,8H,4-7H2,1H3,(H,14,17). The lowest BCUT2D eigenvalue weighted by atomic mass is 10.3. The molecule has 2 amide bonds. The summed E-state index contributed by atoms with van der Waals surface area (Å²) in [5.41, 5.74) is 1.85. The highest BCUT2D eigenvalue weighted by Gasteiger charge is 2.17. The molecule has 0 atom stereocenters. The van der Waals surface area contributed by atoms with Gasteiger partial charge in [0.1, 0.15) is 0 Å². The van der Waals surface area contributed by atoms with Crippen molar-refractivity contribution < 1.29 is 9.21 Å². The first-order chi connectivity index (χ1) is 9.65. The molecule has 0 spiro atoms. The SMILES string of the molecule is Cn1c(=O)oc2ccc(NC(=O)N3CCSCC3)cc21. The molecule has 2 aromatic rings. The zero-order valence-electron chi connectivity index (χ0n) is 11.1. The Morgan fingerprint density at radius 3 is 2.85 bits per heavy atom. The monoisotopic (exact) mass is 293 g/mol. The molecule has 1 fully saturated rings. The van der Waals surface area contributed by atoms with E-state index in [1.54, 1.807) is 30.1 Å². The Morgan fingerprint density at radius 1 is 1.35 bits per heavy atom. The first-order valence-electron chi connectivity index (χ1n) is 6.38. The number of carbonyl (C=O) groups excluding carboxylic acids is 1. The Hall–Kier alpha value is -1.89. The third-order valence-corrected chi connectivity index (χ3v) is 4.28. The molecule has 1 N–H and O–H groups in total. The second-order valence-electron chi connectivity index (χ2n) is 4.64. The molecule has 3 rings (SSSR count). The van der Waals surface area contributed by atoms with Crippen molar-refractivity contribution in [1.29, 1.82) is 0 Å². The van der Waals surface area contributed by atoms with Gasteiger partial charge in [0.25, 0.3) is 0 Å². The fourth-order valence-electron chi connectivity index (χ4n) is 2.17. The molecule has 0 saturated carbocycles. The molecule has 0 radical (unpaired) electrons. The van der Waals surface area contributed by atoms with E-state index < -0.39 is 5.76 Å². The van der Waals surface area contributed by atoms with E-state index in [-0.39, 0.29) is 6.03 Å². The zero-order chi connectivity index (χ0) is 14.1. The molecular formula is C13H15N3O3S. The van der Waals surface area contributed by atoms with Crippen molar-refractivity contribution in [2.45, 2.75) is 0 Å². The molecule has 20 heavy (non-hydrogen) atoms. The van der Waals surface area contributed by atoms with Crippen LogP contribution in [0.4, 0.5) is 10.5 Å².